The average Bonchev–Trinajstić information content (AvgIpc) is 2.89. The van der Waals surface area contributed by atoms with Crippen LogP contribution < -0.4 is 9.47 Å². The van der Waals surface area contributed by atoms with Crippen molar-refractivity contribution in [2.45, 2.75) is 59.6 Å². The molecule has 0 spiro atoms. The summed E-state index contributed by atoms with van der Waals surface area (Å²) >= 11 is 0. The summed E-state index contributed by atoms with van der Waals surface area (Å²) in [7, 11) is 1.74. The molecule has 1 aliphatic heterocycles. The molecule has 0 atom stereocenters. The third-order valence-electron chi connectivity index (χ3n) is 7.72. The van der Waals surface area contributed by atoms with Crippen molar-refractivity contribution in [3.05, 3.63) is 99.6 Å². The molecule has 0 bridgehead atoms. The number of rotatable bonds is 8. The van der Waals surface area contributed by atoms with Crippen LogP contribution in [0.1, 0.15) is 60.6 Å². The maximum Gasteiger partial charge on any atom is 0.125 e. The SMILES string of the molecule is COc1cc(CC(C)C)ccc1COc1ccc2c(c1)CCC(CN1CCc3ccccc3C1)=C2C. The van der Waals surface area contributed by atoms with Gasteiger partial charge in [-0.2, -0.15) is 0 Å². The number of nitrogens with zero attached hydrogens (tertiary/aromatic N) is 1. The number of hydrogen-bond acceptors (Lipinski definition) is 3. The molecule has 0 amide bonds. The van der Waals surface area contributed by atoms with Crippen molar-refractivity contribution in [2.75, 3.05) is 20.2 Å². The average molecular weight is 482 g/mol. The molecular formula is C33H39NO2. The fourth-order valence-electron chi connectivity index (χ4n) is 5.72. The van der Waals surface area contributed by atoms with E-state index in [4.69, 9.17) is 9.47 Å². The Bertz CT molecular complexity index is 1260. The van der Waals surface area contributed by atoms with Gasteiger partial charge < -0.3 is 9.47 Å². The van der Waals surface area contributed by atoms with E-state index in [1.807, 2.05) is 0 Å². The Hall–Kier alpha value is -3.04. The number of hydrogen-bond donors (Lipinski definition) is 0. The first-order chi connectivity index (χ1) is 17.5. The molecule has 0 N–H and O–H groups in total. The van der Waals surface area contributed by atoms with Crippen molar-refractivity contribution in [3.8, 4) is 11.5 Å². The molecule has 0 aromatic heterocycles. The molecule has 0 radical (unpaired) electrons. The molecule has 0 unspecified atom stereocenters. The zero-order valence-corrected chi connectivity index (χ0v) is 22.3. The van der Waals surface area contributed by atoms with Gasteiger partial charge in [-0.15, -0.1) is 0 Å². The standard InChI is InChI=1S/C33H39NO2/c1-23(2)17-25-9-10-30(33(18-25)35-4)22-36-31-13-14-32-24(3)28(12-11-27(32)19-31)20-34-16-15-26-7-5-6-8-29(26)21-34/h5-10,13-14,18-19,23H,11-12,15-17,20-22H2,1-4H3. The predicted octanol–water partition coefficient (Wildman–Crippen LogP) is 7.25. The van der Waals surface area contributed by atoms with E-state index in [2.05, 4.69) is 86.3 Å². The van der Waals surface area contributed by atoms with E-state index < -0.39 is 0 Å². The minimum atomic E-state index is 0.514. The van der Waals surface area contributed by atoms with Gasteiger partial charge in [0.25, 0.3) is 0 Å². The maximum atomic E-state index is 6.23. The summed E-state index contributed by atoms with van der Waals surface area (Å²) in [6.07, 6.45) is 4.43. The summed E-state index contributed by atoms with van der Waals surface area (Å²) in [6, 6.07) is 22.0. The third kappa shape index (κ3) is 5.52. The summed E-state index contributed by atoms with van der Waals surface area (Å²) in [5.41, 5.74) is 11.2. The Morgan fingerprint density at radius 2 is 1.72 bits per heavy atom. The molecule has 3 nitrogen and oxygen atoms in total. The summed E-state index contributed by atoms with van der Waals surface area (Å²) in [5.74, 6) is 2.47. The number of aryl methyl sites for hydroxylation is 1. The molecule has 0 saturated heterocycles. The molecule has 0 saturated carbocycles. The van der Waals surface area contributed by atoms with Crippen LogP contribution in [-0.2, 0) is 32.4 Å². The topological polar surface area (TPSA) is 21.7 Å². The van der Waals surface area contributed by atoms with Gasteiger partial charge in [0.2, 0.25) is 0 Å². The van der Waals surface area contributed by atoms with Crippen molar-refractivity contribution >= 4 is 5.57 Å². The van der Waals surface area contributed by atoms with Crippen LogP contribution >= 0.6 is 0 Å². The van der Waals surface area contributed by atoms with Gasteiger partial charge in [0.1, 0.15) is 18.1 Å². The van der Waals surface area contributed by atoms with Crippen molar-refractivity contribution in [2.24, 2.45) is 5.92 Å². The first-order valence-corrected chi connectivity index (χ1v) is 13.4. The van der Waals surface area contributed by atoms with E-state index >= 15 is 0 Å². The first-order valence-electron chi connectivity index (χ1n) is 13.4. The summed E-state index contributed by atoms with van der Waals surface area (Å²) in [4.78, 5) is 2.61. The molecular weight excluding hydrogens is 442 g/mol. The molecule has 188 valence electrons. The lowest BCUT2D eigenvalue weighted by molar-refractivity contribution is 0.273. The molecule has 1 aliphatic carbocycles. The maximum absolute atomic E-state index is 6.23. The Balaban J connectivity index is 1.25. The number of benzene rings is 3. The lowest BCUT2D eigenvalue weighted by atomic mass is 9.85. The van der Waals surface area contributed by atoms with Gasteiger partial charge >= 0.3 is 0 Å². The number of allylic oxidation sites excluding steroid dienone is 1. The van der Waals surface area contributed by atoms with E-state index in [1.54, 1.807) is 12.7 Å². The Morgan fingerprint density at radius 3 is 2.53 bits per heavy atom. The highest BCUT2D eigenvalue weighted by Gasteiger charge is 2.21. The van der Waals surface area contributed by atoms with E-state index in [1.165, 1.54) is 33.4 Å². The van der Waals surface area contributed by atoms with Crippen molar-refractivity contribution < 1.29 is 9.47 Å². The highest BCUT2D eigenvalue weighted by molar-refractivity contribution is 5.72. The number of methoxy groups -OCH3 is 1. The van der Waals surface area contributed by atoms with Gasteiger partial charge in [0.05, 0.1) is 7.11 Å². The highest BCUT2D eigenvalue weighted by atomic mass is 16.5. The van der Waals surface area contributed by atoms with Crippen molar-refractivity contribution in [3.63, 3.8) is 0 Å². The van der Waals surface area contributed by atoms with Gasteiger partial charge in [-0.25, -0.2) is 0 Å². The molecule has 1 heterocycles. The summed E-state index contributed by atoms with van der Waals surface area (Å²) in [5, 5.41) is 0. The van der Waals surface area contributed by atoms with Crippen molar-refractivity contribution in [1.29, 1.82) is 0 Å². The second-order valence-electron chi connectivity index (χ2n) is 10.8. The zero-order valence-electron chi connectivity index (χ0n) is 22.3. The van der Waals surface area contributed by atoms with E-state index in [0.717, 1.165) is 62.4 Å². The molecule has 3 heteroatoms. The predicted molar refractivity (Wildman–Crippen MR) is 149 cm³/mol. The molecule has 36 heavy (non-hydrogen) atoms. The number of ether oxygens (including phenoxy) is 2. The molecule has 3 aromatic carbocycles. The van der Waals surface area contributed by atoms with Gasteiger partial charge in [0.15, 0.2) is 0 Å². The lowest BCUT2D eigenvalue weighted by Crippen LogP contribution is -2.32. The van der Waals surface area contributed by atoms with Gasteiger partial charge in [-0.1, -0.05) is 61.9 Å². The van der Waals surface area contributed by atoms with Crippen molar-refractivity contribution in [1.82, 2.24) is 4.90 Å². The van der Waals surface area contributed by atoms with E-state index in [-0.39, 0.29) is 0 Å². The summed E-state index contributed by atoms with van der Waals surface area (Å²) in [6.45, 7) is 10.6. The minimum Gasteiger partial charge on any atom is -0.496 e. The van der Waals surface area contributed by atoms with Crippen LogP contribution in [0.5, 0.6) is 11.5 Å². The molecule has 5 rings (SSSR count). The molecule has 0 fully saturated rings. The van der Waals surface area contributed by atoms with Gasteiger partial charge in [-0.3, -0.25) is 4.90 Å². The largest absolute Gasteiger partial charge is 0.496 e. The second-order valence-corrected chi connectivity index (χ2v) is 10.8. The minimum absolute atomic E-state index is 0.514. The third-order valence-corrected chi connectivity index (χ3v) is 7.72. The first kappa shape index (κ1) is 24.6. The Morgan fingerprint density at radius 1 is 0.889 bits per heavy atom. The quantitative estimate of drug-likeness (QED) is 0.338. The Kier molecular flexibility index (Phi) is 7.48. The fraction of sp³-hybridized carbons (Fsp3) is 0.394. The highest BCUT2D eigenvalue weighted by Crippen LogP contribution is 2.35. The van der Waals surface area contributed by atoms with Crippen LogP contribution in [0.4, 0.5) is 0 Å². The second kappa shape index (κ2) is 10.9. The normalized spacial score (nSPS) is 15.6. The smallest absolute Gasteiger partial charge is 0.125 e. The van der Waals surface area contributed by atoms with Crippen LogP contribution in [0.2, 0.25) is 0 Å². The van der Waals surface area contributed by atoms with Crippen LogP contribution in [-0.4, -0.2) is 25.1 Å². The molecule has 2 aliphatic rings. The summed E-state index contributed by atoms with van der Waals surface area (Å²) < 4.78 is 11.9. The molecule has 3 aromatic rings. The number of fused-ring (bicyclic) bond motifs is 2. The van der Waals surface area contributed by atoms with Gasteiger partial charge in [-0.05, 0) is 90.1 Å². The fourth-order valence-corrected chi connectivity index (χ4v) is 5.72. The van der Waals surface area contributed by atoms with E-state index in [9.17, 15) is 0 Å². The monoisotopic (exact) mass is 481 g/mol. The van der Waals surface area contributed by atoms with Crippen LogP contribution in [0.15, 0.2) is 66.2 Å². The Labute approximate surface area is 216 Å². The van der Waals surface area contributed by atoms with Gasteiger partial charge in [0, 0.05) is 25.2 Å². The van der Waals surface area contributed by atoms with Crippen LogP contribution in [0.3, 0.4) is 0 Å². The van der Waals surface area contributed by atoms with Crippen LogP contribution in [0, 0.1) is 5.92 Å². The lowest BCUT2D eigenvalue weighted by Gasteiger charge is -2.32. The van der Waals surface area contributed by atoms with Crippen LogP contribution in [0.25, 0.3) is 5.57 Å². The zero-order chi connectivity index (χ0) is 25.1. The van der Waals surface area contributed by atoms with E-state index in [0.29, 0.717) is 12.5 Å².